The van der Waals surface area contributed by atoms with Crippen molar-refractivity contribution in [2.45, 2.75) is 32.3 Å². The molecule has 4 heteroatoms. The summed E-state index contributed by atoms with van der Waals surface area (Å²) >= 11 is 0. The minimum Gasteiger partial charge on any atom is -0.497 e. The van der Waals surface area contributed by atoms with Crippen LogP contribution in [0.15, 0.2) is 42.5 Å². The topological polar surface area (TPSA) is 35.5 Å². The first-order valence-corrected chi connectivity index (χ1v) is 9.05. The summed E-state index contributed by atoms with van der Waals surface area (Å²) < 4.78 is 11.0. The molecule has 2 unspecified atom stereocenters. The van der Waals surface area contributed by atoms with Gasteiger partial charge >= 0.3 is 0 Å². The SMILES string of the molecule is CCC(C)(Pc1ccccc1C(C)=O)c1cc(OC)ccc1OC. The van der Waals surface area contributed by atoms with Crippen molar-refractivity contribution in [1.29, 1.82) is 0 Å². The normalized spacial score (nSPS) is 13.7. The van der Waals surface area contributed by atoms with Crippen LogP contribution in [0.1, 0.15) is 43.1 Å². The number of rotatable bonds is 7. The fraction of sp³-hybridized carbons (Fsp3) is 0.350. The van der Waals surface area contributed by atoms with Gasteiger partial charge in [-0.2, -0.15) is 0 Å². The largest absolute Gasteiger partial charge is 0.497 e. The van der Waals surface area contributed by atoms with Gasteiger partial charge in [0.05, 0.1) is 14.2 Å². The lowest BCUT2D eigenvalue weighted by Crippen LogP contribution is -2.21. The van der Waals surface area contributed by atoms with E-state index in [-0.39, 0.29) is 10.9 Å². The molecule has 128 valence electrons. The van der Waals surface area contributed by atoms with E-state index in [4.69, 9.17) is 9.47 Å². The Morgan fingerprint density at radius 2 is 1.83 bits per heavy atom. The van der Waals surface area contributed by atoms with E-state index in [1.165, 1.54) is 0 Å². The third-order valence-electron chi connectivity index (χ3n) is 4.43. The molecule has 0 amide bonds. The lowest BCUT2D eigenvalue weighted by molar-refractivity contribution is 0.101. The maximum absolute atomic E-state index is 12.0. The van der Waals surface area contributed by atoms with E-state index in [9.17, 15) is 4.79 Å². The summed E-state index contributed by atoms with van der Waals surface area (Å²) in [7, 11) is 3.82. The van der Waals surface area contributed by atoms with E-state index in [0.717, 1.165) is 34.4 Å². The number of methoxy groups -OCH3 is 2. The Morgan fingerprint density at radius 3 is 2.42 bits per heavy atom. The summed E-state index contributed by atoms with van der Waals surface area (Å²) in [4.78, 5) is 12.0. The molecule has 0 aliphatic carbocycles. The maximum atomic E-state index is 12.0. The zero-order valence-electron chi connectivity index (χ0n) is 15.0. The van der Waals surface area contributed by atoms with Gasteiger partial charge in [-0.3, -0.25) is 4.79 Å². The first-order valence-electron chi connectivity index (χ1n) is 8.05. The van der Waals surface area contributed by atoms with Gasteiger partial charge < -0.3 is 9.47 Å². The lowest BCUT2D eigenvalue weighted by atomic mass is 9.96. The van der Waals surface area contributed by atoms with Crippen molar-refractivity contribution in [1.82, 2.24) is 0 Å². The van der Waals surface area contributed by atoms with Crippen molar-refractivity contribution in [2.75, 3.05) is 14.2 Å². The highest BCUT2D eigenvalue weighted by molar-refractivity contribution is 7.48. The average Bonchev–Trinajstić information content (AvgIpc) is 2.61. The van der Waals surface area contributed by atoms with Crippen LogP contribution in [-0.2, 0) is 5.16 Å². The number of carbonyl (C=O) groups excluding carboxylic acids is 1. The Labute approximate surface area is 146 Å². The van der Waals surface area contributed by atoms with E-state index in [1.54, 1.807) is 21.1 Å². The van der Waals surface area contributed by atoms with Gasteiger partial charge in [0.25, 0.3) is 0 Å². The maximum Gasteiger partial charge on any atom is 0.160 e. The van der Waals surface area contributed by atoms with Crippen molar-refractivity contribution in [3.63, 3.8) is 0 Å². The summed E-state index contributed by atoms with van der Waals surface area (Å²) in [6.45, 7) is 6.01. The third kappa shape index (κ3) is 3.79. The van der Waals surface area contributed by atoms with Crippen molar-refractivity contribution in [3.05, 3.63) is 53.6 Å². The lowest BCUT2D eigenvalue weighted by Gasteiger charge is -2.31. The summed E-state index contributed by atoms with van der Waals surface area (Å²) in [6, 6.07) is 13.8. The standard InChI is InChI=1S/C20H25O3P/c1-6-20(3,17-13-15(22-4)11-12-18(17)23-5)24-19-10-8-7-9-16(19)14(2)21/h7-13,24H,6H2,1-5H3. The van der Waals surface area contributed by atoms with Crippen molar-refractivity contribution < 1.29 is 14.3 Å². The predicted octanol–water partition coefficient (Wildman–Crippen LogP) is 4.54. The molecule has 2 aromatic rings. The smallest absolute Gasteiger partial charge is 0.160 e. The van der Waals surface area contributed by atoms with Gasteiger partial charge in [0.1, 0.15) is 11.5 Å². The molecule has 2 atom stereocenters. The van der Waals surface area contributed by atoms with E-state index in [1.807, 2.05) is 36.4 Å². The minimum absolute atomic E-state index is 0.106. The van der Waals surface area contributed by atoms with Gasteiger partial charge in [-0.15, -0.1) is 0 Å². The molecule has 0 aliphatic rings. The fourth-order valence-corrected chi connectivity index (χ4v) is 4.46. The molecule has 0 N–H and O–H groups in total. The summed E-state index contributed by atoms with van der Waals surface area (Å²) in [5.74, 6) is 1.78. The second kappa shape index (κ2) is 7.81. The Morgan fingerprint density at radius 1 is 1.12 bits per heavy atom. The van der Waals surface area contributed by atoms with Crippen LogP contribution in [-0.4, -0.2) is 20.0 Å². The number of hydrogen-bond acceptors (Lipinski definition) is 3. The Hall–Kier alpha value is -1.86. The van der Waals surface area contributed by atoms with Crippen LogP contribution in [0.3, 0.4) is 0 Å². The van der Waals surface area contributed by atoms with Gasteiger partial charge in [-0.05, 0) is 36.8 Å². The van der Waals surface area contributed by atoms with Crippen LogP contribution < -0.4 is 14.8 Å². The first-order chi connectivity index (χ1) is 11.4. The molecule has 0 saturated carbocycles. The molecular formula is C20H25O3P. The predicted molar refractivity (Wildman–Crippen MR) is 102 cm³/mol. The third-order valence-corrected chi connectivity index (χ3v) is 6.31. The van der Waals surface area contributed by atoms with E-state index in [0.29, 0.717) is 8.58 Å². The molecule has 0 spiro atoms. The van der Waals surface area contributed by atoms with Crippen LogP contribution in [0, 0.1) is 0 Å². The minimum atomic E-state index is -0.133. The number of ketones is 1. The molecule has 0 fully saturated rings. The molecule has 0 bridgehead atoms. The number of Topliss-reactive ketones (excluding diaryl/α,β-unsaturated/α-hetero) is 1. The molecule has 0 aliphatic heterocycles. The molecule has 0 aromatic heterocycles. The van der Waals surface area contributed by atoms with E-state index in [2.05, 4.69) is 19.9 Å². The zero-order chi connectivity index (χ0) is 17.7. The van der Waals surface area contributed by atoms with Crippen LogP contribution in [0.4, 0.5) is 0 Å². The van der Waals surface area contributed by atoms with Crippen molar-refractivity contribution in [2.24, 2.45) is 0 Å². The van der Waals surface area contributed by atoms with Crippen LogP contribution in [0.2, 0.25) is 0 Å². The molecule has 2 aromatic carbocycles. The highest BCUT2D eigenvalue weighted by atomic mass is 31.1. The molecular weight excluding hydrogens is 319 g/mol. The number of carbonyl (C=O) groups is 1. The number of benzene rings is 2. The zero-order valence-corrected chi connectivity index (χ0v) is 16.0. The first kappa shape index (κ1) is 18.5. The fourth-order valence-electron chi connectivity index (χ4n) is 2.79. The monoisotopic (exact) mass is 344 g/mol. The molecule has 0 radical (unpaired) electrons. The molecule has 0 saturated heterocycles. The Kier molecular flexibility index (Phi) is 6.01. The Bertz CT molecular complexity index is 727. The summed E-state index contributed by atoms with van der Waals surface area (Å²) in [6.07, 6.45) is 0.932. The molecule has 0 heterocycles. The van der Waals surface area contributed by atoms with E-state index < -0.39 is 0 Å². The Balaban J connectivity index is 2.52. The number of hydrogen-bond donors (Lipinski definition) is 0. The van der Waals surface area contributed by atoms with Gasteiger partial charge in [-0.1, -0.05) is 46.7 Å². The summed E-state index contributed by atoms with van der Waals surface area (Å²) in [5, 5.41) is 0.963. The van der Waals surface area contributed by atoms with Crippen molar-refractivity contribution in [3.8, 4) is 11.5 Å². The molecule has 24 heavy (non-hydrogen) atoms. The number of ether oxygens (including phenoxy) is 2. The van der Waals surface area contributed by atoms with Crippen LogP contribution in [0.25, 0.3) is 0 Å². The molecule has 3 nitrogen and oxygen atoms in total. The van der Waals surface area contributed by atoms with Gasteiger partial charge in [-0.25, -0.2) is 0 Å². The highest BCUT2D eigenvalue weighted by Gasteiger charge is 2.30. The van der Waals surface area contributed by atoms with Crippen molar-refractivity contribution >= 4 is 19.7 Å². The summed E-state index contributed by atoms with van der Waals surface area (Å²) in [5.41, 5.74) is 1.92. The highest BCUT2D eigenvalue weighted by Crippen LogP contribution is 2.48. The van der Waals surface area contributed by atoms with Gasteiger partial charge in [0, 0.05) is 16.3 Å². The van der Waals surface area contributed by atoms with E-state index >= 15 is 0 Å². The van der Waals surface area contributed by atoms with Gasteiger partial charge in [0.15, 0.2) is 5.78 Å². The second-order valence-electron chi connectivity index (χ2n) is 5.98. The average molecular weight is 344 g/mol. The molecule has 2 rings (SSSR count). The van der Waals surface area contributed by atoms with Crippen LogP contribution >= 0.6 is 8.58 Å². The quantitative estimate of drug-likeness (QED) is 0.547. The van der Waals surface area contributed by atoms with Gasteiger partial charge in [0.2, 0.25) is 0 Å². The second-order valence-corrected chi connectivity index (χ2v) is 7.87. The van der Waals surface area contributed by atoms with Crippen LogP contribution in [0.5, 0.6) is 11.5 Å².